The zero-order valence-corrected chi connectivity index (χ0v) is 18.0. The molecule has 7 nitrogen and oxygen atoms in total. The average Bonchev–Trinajstić information content (AvgIpc) is 2.68. The number of aryl methyl sites for hydroxylation is 1. The monoisotopic (exact) mass is 409 g/mol. The second-order valence-corrected chi connectivity index (χ2v) is 7.53. The van der Waals surface area contributed by atoms with Crippen LogP contribution in [0.4, 0.5) is 5.69 Å². The Hall–Kier alpha value is -3.40. The van der Waals surface area contributed by atoms with Crippen molar-refractivity contribution in [2.45, 2.75) is 59.5 Å². The fourth-order valence-corrected chi connectivity index (χ4v) is 3.31. The SMILES string of the molecule is Cc1[nH]c(=O)c(C#N)c(C)c1CCC(=O)O[C@@H](C)C(=O)Nc1ccccc1C(C)C. The summed E-state index contributed by atoms with van der Waals surface area (Å²) in [7, 11) is 0. The predicted molar refractivity (Wildman–Crippen MR) is 114 cm³/mol. The van der Waals surface area contributed by atoms with Gasteiger partial charge in [-0.1, -0.05) is 32.0 Å². The number of amides is 1. The Morgan fingerprint density at radius 2 is 1.87 bits per heavy atom. The molecule has 1 heterocycles. The lowest BCUT2D eigenvalue weighted by atomic mass is 9.99. The van der Waals surface area contributed by atoms with E-state index in [0.29, 0.717) is 23.4 Å². The molecular formula is C23H27N3O4. The molecule has 0 unspecified atom stereocenters. The number of hydrogen-bond donors (Lipinski definition) is 2. The highest BCUT2D eigenvalue weighted by atomic mass is 16.5. The van der Waals surface area contributed by atoms with Gasteiger partial charge in [-0.2, -0.15) is 5.26 Å². The first kappa shape index (κ1) is 22.9. The molecule has 0 radical (unpaired) electrons. The number of anilines is 1. The molecule has 1 amide bonds. The van der Waals surface area contributed by atoms with Crippen molar-refractivity contribution in [1.29, 1.82) is 5.26 Å². The number of benzene rings is 1. The lowest BCUT2D eigenvalue weighted by molar-refractivity contribution is -0.153. The molecule has 0 aliphatic heterocycles. The quantitative estimate of drug-likeness (QED) is 0.680. The zero-order chi connectivity index (χ0) is 22.4. The van der Waals surface area contributed by atoms with Gasteiger partial charge in [-0.3, -0.25) is 14.4 Å². The number of pyridine rings is 1. The van der Waals surface area contributed by atoms with Gasteiger partial charge in [0.25, 0.3) is 11.5 Å². The van der Waals surface area contributed by atoms with E-state index in [1.807, 2.05) is 44.2 Å². The number of aromatic amines is 1. The molecule has 0 aliphatic carbocycles. The van der Waals surface area contributed by atoms with Gasteiger partial charge in [-0.15, -0.1) is 0 Å². The van der Waals surface area contributed by atoms with E-state index in [0.717, 1.165) is 11.1 Å². The van der Waals surface area contributed by atoms with Gasteiger partial charge in [0, 0.05) is 17.8 Å². The van der Waals surface area contributed by atoms with E-state index in [1.54, 1.807) is 13.8 Å². The van der Waals surface area contributed by atoms with Crippen LogP contribution in [0.5, 0.6) is 0 Å². The third kappa shape index (κ3) is 5.35. The average molecular weight is 409 g/mol. The molecule has 2 rings (SSSR count). The number of esters is 1. The van der Waals surface area contributed by atoms with Gasteiger partial charge in [0.05, 0.1) is 0 Å². The number of ether oxygens (including phenoxy) is 1. The number of hydrogen-bond acceptors (Lipinski definition) is 5. The molecule has 1 aromatic carbocycles. The Labute approximate surface area is 176 Å². The molecule has 30 heavy (non-hydrogen) atoms. The summed E-state index contributed by atoms with van der Waals surface area (Å²) in [6.07, 6.45) is -0.629. The maximum Gasteiger partial charge on any atom is 0.306 e. The summed E-state index contributed by atoms with van der Waals surface area (Å²) >= 11 is 0. The summed E-state index contributed by atoms with van der Waals surface area (Å²) in [6.45, 7) is 9.00. The lowest BCUT2D eigenvalue weighted by Gasteiger charge is -2.17. The Morgan fingerprint density at radius 3 is 2.50 bits per heavy atom. The van der Waals surface area contributed by atoms with Crippen LogP contribution in [0, 0.1) is 25.2 Å². The topological polar surface area (TPSA) is 112 Å². The number of nitriles is 1. The van der Waals surface area contributed by atoms with E-state index in [1.165, 1.54) is 6.92 Å². The van der Waals surface area contributed by atoms with Crippen molar-refractivity contribution < 1.29 is 14.3 Å². The van der Waals surface area contributed by atoms with Crippen molar-refractivity contribution in [3.8, 4) is 6.07 Å². The van der Waals surface area contributed by atoms with Crippen molar-refractivity contribution in [1.82, 2.24) is 4.98 Å². The normalized spacial score (nSPS) is 11.6. The molecule has 7 heteroatoms. The van der Waals surface area contributed by atoms with Gasteiger partial charge in [-0.05, 0) is 55.9 Å². The van der Waals surface area contributed by atoms with Crippen LogP contribution >= 0.6 is 0 Å². The molecule has 0 saturated heterocycles. The molecule has 1 aromatic heterocycles. The Balaban J connectivity index is 2.00. The van der Waals surface area contributed by atoms with E-state index < -0.39 is 23.5 Å². The summed E-state index contributed by atoms with van der Waals surface area (Å²) < 4.78 is 5.28. The number of aromatic nitrogens is 1. The van der Waals surface area contributed by atoms with Crippen molar-refractivity contribution >= 4 is 17.6 Å². The standard InChI is InChI=1S/C23H27N3O4/c1-13(2)17-8-6-7-9-20(17)26-22(28)16(5)30-21(27)11-10-18-14(3)19(12-24)23(29)25-15(18)4/h6-9,13,16H,10-11H2,1-5H3,(H,25,29)(H,26,28)/t16-/m0/s1. The van der Waals surface area contributed by atoms with Gasteiger partial charge >= 0.3 is 5.97 Å². The highest BCUT2D eigenvalue weighted by molar-refractivity contribution is 5.95. The van der Waals surface area contributed by atoms with Crippen LogP contribution in [0.15, 0.2) is 29.1 Å². The summed E-state index contributed by atoms with van der Waals surface area (Å²) in [5.41, 5.74) is 3.20. The first-order valence-electron chi connectivity index (χ1n) is 9.87. The van der Waals surface area contributed by atoms with Gasteiger partial charge in [0.2, 0.25) is 0 Å². The maximum absolute atomic E-state index is 12.5. The second-order valence-electron chi connectivity index (χ2n) is 7.53. The van der Waals surface area contributed by atoms with Crippen LogP contribution in [0.2, 0.25) is 0 Å². The molecule has 0 aliphatic rings. The highest BCUT2D eigenvalue weighted by Gasteiger charge is 2.20. The minimum atomic E-state index is -0.954. The summed E-state index contributed by atoms with van der Waals surface area (Å²) in [4.78, 5) is 39.2. The van der Waals surface area contributed by atoms with Crippen molar-refractivity contribution in [2.75, 3.05) is 5.32 Å². The zero-order valence-electron chi connectivity index (χ0n) is 18.0. The van der Waals surface area contributed by atoms with Gasteiger partial charge < -0.3 is 15.0 Å². The van der Waals surface area contributed by atoms with Crippen molar-refractivity contribution in [3.05, 3.63) is 62.6 Å². The molecule has 0 saturated carbocycles. The number of nitrogens with zero attached hydrogens (tertiary/aromatic N) is 1. The van der Waals surface area contributed by atoms with E-state index >= 15 is 0 Å². The molecule has 1 atom stereocenters. The second kappa shape index (κ2) is 9.88. The Bertz CT molecular complexity index is 1050. The minimum Gasteiger partial charge on any atom is -0.453 e. The maximum atomic E-state index is 12.5. The van der Waals surface area contributed by atoms with Gasteiger partial charge in [0.15, 0.2) is 6.10 Å². The van der Waals surface area contributed by atoms with Crippen LogP contribution < -0.4 is 10.9 Å². The lowest BCUT2D eigenvalue weighted by Crippen LogP contribution is -2.30. The summed E-state index contributed by atoms with van der Waals surface area (Å²) in [5.74, 6) is -0.695. The van der Waals surface area contributed by atoms with Gasteiger partial charge in [-0.25, -0.2) is 0 Å². The fraction of sp³-hybridized carbons (Fsp3) is 0.391. The summed E-state index contributed by atoms with van der Waals surface area (Å²) in [6, 6.07) is 9.40. The fourth-order valence-electron chi connectivity index (χ4n) is 3.31. The highest BCUT2D eigenvalue weighted by Crippen LogP contribution is 2.24. The van der Waals surface area contributed by atoms with Crippen LogP contribution in [0.1, 0.15) is 61.1 Å². The van der Waals surface area contributed by atoms with Crippen LogP contribution in [-0.2, 0) is 20.7 Å². The van der Waals surface area contributed by atoms with Crippen molar-refractivity contribution in [2.24, 2.45) is 0 Å². The van der Waals surface area contributed by atoms with Crippen LogP contribution in [-0.4, -0.2) is 23.0 Å². The Kier molecular flexibility index (Phi) is 7.54. The van der Waals surface area contributed by atoms with E-state index in [9.17, 15) is 14.4 Å². The number of carbonyl (C=O) groups excluding carboxylic acids is 2. The molecule has 0 bridgehead atoms. The minimum absolute atomic E-state index is 0.0266. The number of nitrogens with one attached hydrogen (secondary N) is 2. The summed E-state index contributed by atoms with van der Waals surface area (Å²) in [5, 5.41) is 12.0. The van der Waals surface area contributed by atoms with Crippen molar-refractivity contribution in [3.63, 3.8) is 0 Å². The third-order valence-electron chi connectivity index (χ3n) is 5.02. The van der Waals surface area contributed by atoms with Crippen LogP contribution in [0.25, 0.3) is 0 Å². The molecular weight excluding hydrogens is 382 g/mol. The molecule has 0 spiro atoms. The van der Waals surface area contributed by atoms with E-state index in [-0.39, 0.29) is 17.9 Å². The first-order valence-corrected chi connectivity index (χ1v) is 9.87. The predicted octanol–water partition coefficient (Wildman–Crippen LogP) is 3.49. The van der Waals surface area contributed by atoms with Gasteiger partial charge in [0.1, 0.15) is 11.6 Å². The number of carbonyl (C=O) groups is 2. The number of para-hydroxylation sites is 1. The Morgan fingerprint density at radius 1 is 1.20 bits per heavy atom. The molecule has 2 aromatic rings. The smallest absolute Gasteiger partial charge is 0.306 e. The van der Waals surface area contributed by atoms with E-state index in [4.69, 9.17) is 10.00 Å². The third-order valence-corrected chi connectivity index (χ3v) is 5.02. The number of rotatable bonds is 7. The molecule has 2 N–H and O–H groups in total. The molecule has 0 fully saturated rings. The van der Waals surface area contributed by atoms with E-state index in [2.05, 4.69) is 10.3 Å². The number of H-pyrrole nitrogens is 1. The molecule has 158 valence electrons. The van der Waals surface area contributed by atoms with Crippen LogP contribution in [0.3, 0.4) is 0 Å². The largest absolute Gasteiger partial charge is 0.453 e. The first-order chi connectivity index (χ1) is 14.1.